The molecule has 134 valence electrons. The highest BCUT2D eigenvalue weighted by Crippen LogP contribution is 2.33. The number of anilines is 1. The van der Waals surface area contributed by atoms with Gasteiger partial charge >= 0.3 is 0 Å². The van der Waals surface area contributed by atoms with E-state index in [1.165, 1.54) is 0 Å². The third kappa shape index (κ3) is 3.57. The second kappa shape index (κ2) is 6.26. The molecule has 1 saturated heterocycles. The highest BCUT2D eigenvalue weighted by atomic mass is 32.2. The lowest BCUT2D eigenvalue weighted by Crippen LogP contribution is -2.46. The fraction of sp³-hybridized carbons (Fsp3) is 0.765. The molecule has 0 bridgehead atoms. The first-order valence-electron chi connectivity index (χ1n) is 8.75. The van der Waals surface area contributed by atoms with Crippen LogP contribution in [0.4, 0.5) is 5.82 Å². The van der Waals surface area contributed by atoms with Crippen LogP contribution in [0.1, 0.15) is 52.1 Å². The molecule has 6 nitrogen and oxygen atoms in total. The van der Waals surface area contributed by atoms with Crippen LogP contribution in [0.5, 0.6) is 0 Å². The largest absolute Gasteiger partial charge is 0.355 e. The van der Waals surface area contributed by atoms with Crippen molar-refractivity contribution in [3.05, 3.63) is 17.8 Å². The lowest BCUT2D eigenvalue weighted by Gasteiger charge is -2.36. The molecule has 0 spiro atoms. The van der Waals surface area contributed by atoms with Gasteiger partial charge in [0.25, 0.3) is 0 Å². The lowest BCUT2D eigenvalue weighted by atomic mass is 9.92. The Bertz CT molecular complexity index is 670. The molecular weight excluding hydrogens is 324 g/mol. The van der Waals surface area contributed by atoms with Gasteiger partial charge in [-0.3, -0.25) is 0 Å². The molecule has 2 fully saturated rings. The van der Waals surface area contributed by atoms with E-state index in [0.717, 1.165) is 50.3 Å². The van der Waals surface area contributed by atoms with E-state index < -0.39 is 10.0 Å². The van der Waals surface area contributed by atoms with Gasteiger partial charge in [0.1, 0.15) is 0 Å². The molecule has 1 aliphatic heterocycles. The maximum absolute atomic E-state index is 12.4. The molecule has 24 heavy (non-hydrogen) atoms. The highest BCUT2D eigenvalue weighted by Gasteiger charge is 2.41. The van der Waals surface area contributed by atoms with Crippen LogP contribution in [0.25, 0.3) is 0 Å². The van der Waals surface area contributed by atoms with Gasteiger partial charge < -0.3 is 4.90 Å². The molecule has 0 radical (unpaired) electrons. The average molecular weight is 353 g/mol. The van der Waals surface area contributed by atoms with Crippen LogP contribution in [-0.2, 0) is 15.4 Å². The second-order valence-electron chi connectivity index (χ2n) is 8.01. The summed E-state index contributed by atoms with van der Waals surface area (Å²) in [5.74, 6) is 0.883. The van der Waals surface area contributed by atoms with E-state index >= 15 is 0 Å². The van der Waals surface area contributed by atoms with Crippen LogP contribution in [0.3, 0.4) is 0 Å². The third-order valence-electron chi connectivity index (χ3n) is 5.07. The van der Waals surface area contributed by atoms with E-state index in [1.54, 1.807) is 11.4 Å². The van der Waals surface area contributed by atoms with Crippen molar-refractivity contribution in [2.75, 3.05) is 25.0 Å². The van der Waals surface area contributed by atoms with Crippen LogP contribution in [-0.4, -0.2) is 54.3 Å². The molecule has 1 aliphatic carbocycles. The summed E-state index contributed by atoms with van der Waals surface area (Å²) in [5.41, 5.74) is 0.981. The quantitative estimate of drug-likeness (QED) is 0.831. The molecule has 2 heterocycles. The van der Waals surface area contributed by atoms with Crippen LogP contribution >= 0.6 is 0 Å². The summed E-state index contributed by atoms with van der Waals surface area (Å²) in [7, 11) is -1.34. The van der Waals surface area contributed by atoms with Crippen LogP contribution in [0.2, 0.25) is 0 Å². The fourth-order valence-electron chi connectivity index (χ4n) is 3.16. The Morgan fingerprint density at radius 1 is 1.08 bits per heavy atom. The standard InChI is InChI=1S/C17H28N4O2S/c1-17(2,3)15-7-8-16(19-18-15)21-11-9-13(10-12-21)20(4)24(22,23)14-5-6-14/h7-8,13-14H,5-6,9-12H2,1-4H3. The number of nitrogens with zero attached hydrogens (tertiary/aromatic N) is 4. The first-order chi connectivity index (χ1) is 11.2. The van der Waals surface area contributed by atoms with Crippen LogP contribution < -0.4 is 4.90 Å². The van der Waals surface area contributed by atoms with Gasteiger partial charge in [0.15, 0.2) is 5.82 Å². The summed E-state index contributed by atoms with van der Waals surface area (Å²) in [6, 6.07) is 4.17. The molecular formula is C17H28N4O2S. The van der Waals surface area contributed by atoms with E-state index in [4.69, 9.17) is 0 Å². The zero-order chi connectivity index (χ0) is 17.5. The number of hydrogen-bond donors (Lipinski definition) is 0. The zero-order valence-electron chi connectivity index (χ0n) is 15.1. The number of rotatable bonds is 4. The molecule has 1 saturated carbocycles. The number of piperidine rings is 1. The molecule has 1 aromatic rings. The smallest absolute Gasteiger partial charge is 0.216 e. The summed E-state index contributed by atoms with van der Waals surface area (Å²) in [5, 5.41) is 8.59. The topological polar surface area (TPSA) is 66.4 Å². The van der Waals surface area contributed by atoms with Crippen molar-refractivity contribution < 1.29 is 8.42 Å². The Balaban J connectivity index is 1.61. The first-order valence-corrected chi connectivity index (χ1v) is 10.3. The summed E-state index contributed by atoms with van der Waals surface area (Å²) >= 11 is 0. The van der Waals surface area contributed by atoms with Gasteiger partial charge in [0, 0.05) is 31.6 Å². The van der Waals surface area contributed by atoms with E-state index in [0.29, 0.717) is 0 Å². The third-order valence-corrected chi connectivity index (χ3v) is 7.48. The minimum absolute atomic E-state index is 0.00158. The molecule has 3 rings (SSSR count). The highest BCUT2D eigenvalue weighted by molar-refractivity contribution is 7.90. The summed E-state index contributed by atoms with van der Waals surface area (Å²) in [6.45, 7) is 8.01. The Morgan fingerprint density at radius 3 is 2.17 bits per heavy atom. The van der Waals surface area contributed by atoms with Crippen LogP contribution in [0.15, 0.2) is 12.1 Å². The fourth-order valence-corrected chi connectivity index (χ4v) is 4.99. The van der Waals surface area contributed by atoms with Crippen molar-refractivity contribution in [3.8, 4) is 0 Å². The molecule has 2 aliphatic rings. The Hall–Kier alpha value is -1.21. The van der Waals surface area contributed by atoms with Gasteiger partial charge in [-0.25, -0.2) is 12.7 Å². The summed E-state index contributed by atoms with van der Waals surface area (Å²) in [4.78, 5) is 2.20. The van der Waals surface area contributed by atoms with Crippen molar-refractivity contribution in [2.45, 2.75) is 63.2 Å². The predicted octanol–water partition coefficient (Wildman–Crippen LogP) is 2.17. The average Bonchev–Trinajstić information content (AvgIpc) is 3.39. The van der Waals surface area contributed by atoms with Crippen molar-refractivity contribution in [2.24, 2.45) is 0 Å². The van der Waals surface area contributed by atoms with E-state index in [1.807, 2.05) is 12.1 Å². The number of aromatic nitrogens is 2. The molecule has 0 N–H and O–H groups in total. The first kappa shape index (κ1) is 17.6. The van der Waals surface area contributed by atoms with Gasteiger partial charge in [-0.05, 0) is 37.8 Å². The number of sulfonamides is 1. The van der Waals surface area contributed by atoms with Gasteiger partial charge in [0.2, 0.25) is 10.0 Å². The van der Waals surface area contributed by atoms with Gasteiger partial charge in [-0.15, -0.1) is 5.10 Å². The molecule has 0 atom stereocenters. The molecule has 0 unspecified atom stereocenters. The molecule has 7 heteroatoms. The Morgan fingerprint density at radius 2 is 1.71 bits per heavy atom. The van der Waals surface area contributed by atoms with E-state index in [9.17, 15) is 8.42 Å². The van der Waals surface area contributed by atoms with Crippen molar-refractivity contribution >= 4 is 15.8 Å². The summed E-state index contributed by atoms with van der Waals surface area (Å²) < 4.78 is 26.4. The normalized spacial score (nSPS) is 20.6. The lowest BCUT2D eigenvalue weighted by molar-refractivity contribution is 0.311. The summed E-state index contributed by atoms with van der Waals surface area (Å²) in [6.07, 6.45) is 3.32. The monoisotopic (exact) mass is 352 g/mol. The van der Waals surface area contributed by atoms with Gasteiger partial charge in [0.05, 0.1) is 10.9 Å². The minimum atomic E-state index is -3.08. The van der Waals surface area contributed by atoms with Gasteiger partial charge in [-0.2, -0.15) is 5.10 Å². The number of hydrogen-bond acceptors (Lipinski definition) is 5. The van der Waals surface area contributed by atoms with Crippen molar-refractivity contribution in [1.29, 1.82) is 0 Å². The van der Waals surface area contributed by atoms with Crippen molar-refractivity contribution in [3.63, 3.8) is 0 Å². The van der Waals surface area contributed by atoms with Crippen LogP contribution in [0, 0.1) is 0 Å². The minimum Gasteiger partial charge on any atom is -0.355 e. The molecule has 1 aromatic heterocycles. The zero-order valence-corrected chi connectivity index (χ0v) is 15.9. The molecule has 0 aromatic carbocycles. The van der Waals surface area contributed by atoms with E-state index in [2.05, 4.69) is 35.9 Å². The van der Waals surface area contributed by atoms with Crippen molar-refractivity contribution in [1.82, 2.24) is 14.5 Å². The second-order valence-corrected chi connectivity index (χ2v) is 10.3. The Kier molecular flexibility index (Phi) is 4.59. The SMILES string of the molecule is CN(C1CCN(c2ccc(C(C)(C)C)nn2)CC1)S(=O)(=O)C1CC1. The maximum atomic E-state index is 12.4. The molecule has 0 amide bonds. The van der Waals surface area contributed by atoms with E-state index in [-0.39, 0.29) is 16.7 Å². The predicted molar refractivity (Wildman–Crippen MR) is 95.7 cm³/mol. The van der Waals surface area contributed by atoms with Gasteiger partial charge in [-0.1, -0.05) is 20.8 Å². The Labute approximate surface area is 145 Å². The maximum Gasteiger partial charge on any atom is 0.216 e.